The molecule has 34 heavy (non-hydrogen) atoms. The molecule has 2 heterocycles. The van der Waals surface area contributed by atoms with Crippen molar-refractivity contribution in [1.29, 1.82) is 0 Å². The summed E-state index contributed by atoms with van der Waals surface area (Å²) < 4.78 is 10.5. The molecule has 0 spiro atoms. The Bertz CT molecular complexity index is 1060. The number of carbonyl (C=O) groups is 4. The van der Waals surface area contributed by atoms with Crippen LogP contribution in [0.4, 0.5) is 10.5 Å². The van der Waals surface area contributed by atoms with Crippen LogP contribution in [0.25, 0.3) is 0 Å². The lowest BCUT2D eigenvalue weighted by molar-refractivity contribution is -0.384. The minimum atomic E-state index is -0.882. The van der Waals surface area contributed by atoms with Gasteiger partial charge in [0, 0.05) is 17.7 Å². The number of hydrogen-bond donors (Lipinski definition) is 1. The average Bonchev–Trinajstić information content (AvgIpc) is 2.78. The van der Waals surface area contributed by atoms with E-state index >= 15 is 0 Å². The number of amides is 2. The minimum Gasteiger partial charge on any atom is -0.456 e. The van der Waals surface area contributed by atoms with Crippen molar-refractivity contribution in [3.63, 3.8) is 0 Å². The number of benzene rings is 1. The van der Waals surface area contributed by atoms with Crippen LogP contribution in [0.2, 0.25) is 0 Å². The van der Waals surface area contributed by atoms with Gasteiger partial charge < -0.3 is 14.8 Å². The number of nitro benzene ring substituents is 1. The fourth-order valence-corrected chi connectivity index (χ4v) is 4.11. The van der Waals surface area contributed by atoms with E-state index in [1.165, 1.54) is 29.2 Å². The van der Waals surface area contributed by atoms with Crippen LogP contribution in [0.5, 0.6) is 0 Å². The molecule has 3 rings (SSSR count). The first-order valence-corrected chi connectivity index (χ1v) is 11.6. The molecule has 2 aliphatic heterocycles. The van der Waals surface area contributed by atoms with Gasteiger partial charge in [-0.25, -0.2) is 9.59 Å². The Hall–Kier alpha value is -3.28. The highest BCUT2D eigenvalue weighted by Crippen LogP contribution is 2.38. The monoisotopic (exact) mass is 537 g/mol. The molecule has 2 amide bonds. The first-order chi connectivity index (χ1) is 15.9. The van der Waals surface area contributed by atoms with Gasteiger partial charge >= 0.3 is 12.1 Å². The first-order valence-electron chi connectivity index (χ1n) is 10.5. The summed E-state index contributed by atoms with van der Waals surface area (Å²) in [5.74, 6) is -1.76. The standard InChI is InChI=1S/C22H24BrN3O8/c1-22(2,3)34-21(30)24-17-15-9-8-14(16(27)10-23)18(25(15)19(17)28)20(29)33-11-12-4-6-13(7-5-12)26(31)32/h4-7,15,17H,8-11H2,1-3H3,(H,24,30)/t15-,17+/m1/s1. The number of hydrogen-bond acceptors (Lipinski definition) is 8. The third-order valence-electron chi connectivity index (χ3n) is 5.28. The molecule has 2 atom stereocenters. The molecule has 0 aromatic heterocycles. The molecule has 1 saturated heterocycles. The van der Waals surface area contributed by atoms with E-state index in [9.17, 15) is 29.3 Å². The topological polar surface area (TPSA) is 145 Å². The van der Waals surface area contributed by atoms with E-state index in [0.29, 0.717) is 12.0 Å². The Morgan fingerprint density at radius 1 is 1.24 bits per heavy atom. The number of alkyl halides is 1. The van der Waals surface area contributed by atoms with Gasteiger partial charge in [0.2, 0.25) is 0 Å². The number of nitrogens with one attached hydrogen (secondary N) is 1. The van der Waals surface area contributed by atoms with Crippen LogP contribution in [0, 0.1) is 10.1 Å². The van der Waals surface area contributed by atoms with E-state index in [4.69, 9.17) is 9.47 Å². The quantitative estimate of drug-likeness (QED) is 0.183. The van der Waals surface area contributed by atoms with E-state index in [1.807, 2.05) is 0 Å². The number of non-ortho nitro benzene ring substituents is 1. The number of halogens is 1. The molecule has 1 N–H and O–H groups in total. The number of alkyl carbamates (subject to hydrolysis) is 1. The number of nitro groups is 1. The Kier molecular flexibility index (Phi) is 7.39. The lowest BCUT2D eigenvalue weighted by Gasteiger charge is -2.50. The van der Waals surface area contributed by atoms with E-state index in [2.05, 4.69) is 21.2 Å². The van der Waals surface area contributed by atoms with Gasteiger partial charge in [-0.05, 0) is 51.3 Å². The van der Waals surface area contributed by atoms with Gasteiger partial charge in [-0.1, -0.05) is 15.9 Å². The fourth-order valence-electron chi connectivity index (χ4n) is 3.77. The third kappa shape index (κ3) is 5.44. The Morgan fingerprint density at radius 3 is 2.44 bits per heavy atom. The molecule has 0 bridgehead atoms. The highest BCUT2D eigenvalue weighted by atomic mass is 79.9. The van der Waals surface area contributed by atoms with Crippen LogP contribution in [-0.2, 0) is 30.5 Å². The fraction of sp³-hybridized carbons (Fsp3) is 0.455. The van der Waals surface area contributed by atoms with Gasteiger partial charge in [0.05, 0.1) is 16.3 Å². The number of ketones is 1. The lowest BCUT2D eigenvalue weighted by Crippen LogP contribution is -2.72. The molecule has 0 aliphatic carbocycles. The molecule has 11 nitrogen and oxygen atoms in total. The maximum Gasteiger partial charge on any atom is 0.408 e. The summed E-state index contributed by atoms with van der Waals surface area (Å²) in [6, 6.07) is 4.06. The molecule has 2 aliphatic rings. The van der Waals surface area contributed by atoms with E-state index in [1.54, 1.807) is 20.8 Å². The summed E-state index contributed by atoms with van der Waals surface area (Å²) in [4.78, 5) is 61.9. The van der Waals surface area contributed by atoms with Gasteiger partial charge in [-0.15, -0.1) is 0 Å². The van der Waals surface area contributed by atoms with Crippen molar-refractivity contribution in [3.8, 4) is 0 Å². The predicted molar refractivity (Wildman–Crippen MR) is 122 cm³/mol. The van der Waals surface area contributed by atoms with Gasteiger partial charge in [0.15, 0.2) is 5.78 Å². The third-order valence-corrected chi connectivity index (χ3v) is 5.79. The predicted octanol–water partition coefficient (Wildman–Crippen LogP) is 2.75. The second-order valence-electron chi connectivity index (χ2n) is 8.82. The van der Waals surface area contributed by atoms with Crippen LogP contribution in [0.3, 0.4) is 0 Å². The average molecular weight is 538 g/mol. The number of rotatable bonds is 7. The highest BCUT2D eigenvalue weighted by Gasteiger charge is 2.54. The molecule has 0 radical (unpaired) electrons. The highest BCUT2D eigenvalue weighted by molar-refractivity contribution is 9.09. The number of Topliss-reactive ketones (excluding diaryl/α,β-unsaturated/α-hetero) is 1. The van der Waals surface area contributed by atoms with Crippen LogP contribution in [0.1, 0.15) is 39.2 Å². The molecule has 1 aromatic carbocycles. The van der Waals surface area contributed by atoms with E-state index in [-0.39, 0.29) is 41.1 Å². The van der Waals surface area contributed by atoms with Crippen molar-refractivity contribution < 1.29 is 33.6 Å². The van der Waals surface area contributed by atoms with Gasteiger partial charge in [0.1, 0.15) is 23.9 Å². The zero-order valence-corrected chi connectivity index (χ0v) is 20.4. The molecular formula is C22H24BrN3O8. The second kappa shape index (κ2) is 9.92. The summed E-state index contributed by atoms with van der Waals surface area (Å²) >= 11 is 3.09. The normalized spacial score (nSPS) is 19.6. The van der Waals surface area contributed by atoms with Crippen molar-refractivity contribution in [2.24, 2.45) is 0 Å². The first kappa shape index (κ1) is 25.3. The number of carbonyl (C=O) groups excluding carboxylic acids is 4. The number of nitrogens with zero attached hydrogens (tertiary/aromatic N) is 2. The number of β-lactam (4-membered cyclic amide) rings is 1. The van der Waals surface area contributed by atoms with E-state index in [0.717, 1.165) is 0 Å². The van der Waals surface area contributed by atoms with Crippen LogP contribution >= 0.6 is 15.9 Å². The lowest BCUT2D eigenvalue weighted by atomic mass is 9.82. The summed E-state index contributed by atoms with van der Waals surface area (Å²) in [6.45, 7) is 4.88. The van der Waals surface area contributed by atoms with E-state index < -0.39 is 40.6 Å². The largest absolute Gasteiger partial charge is 0.456 e. The molecule has 182 valence electrons. The SMILES string of the molecule is CC(C)(C)OC(=O)N[C@@H]1C(=O)N2C(C(=O)OCc3ccc([N+](=O)[O-])cc3)=C(C(=O)CBr)CC[C@H]12. The van der Waals surface area contributed by atoms with Crippen LogP contribution in [-0.4, -0.2) is 56.6 Å². The maximum absolute atomic E-state index is 13.0. The summed E-state index contributed by atoms with van der Waals surface area (Å²) in [5, 5.41) is 13.3. The minimum absolute atomic E-state index is 0.0340. The molecule has 1 aromatic rings. The number of fused-ring (bicyclic) bond motifs is 1. The Balaban J connectivity index is 1.76. The van der Waals surface area contributed by atoms with Crippen molar-refractivity contribution in [3.05, 3.63) is 51.2 Å². The van der Waals surface area contributed by atoms with Crippen molar-refractivity contribution in [1.82, 2.24) is 10.2 Å². The van der Waals surface area contributed by atoms with Gasteiger partial charge in [-0.3, -0.25) is 24.6 Å². The zero-order valence-electron chi connectivity index (χ0n) is 18.8. The molecular weight excluding hydrogens is 514 g/mol. The molecule has 1 fully saturated rings. The zero-order chi connectivity index (χ0) is 25.2. The Labute approximate surface area is 203 Å². The molecule has 0 saturated carbocycles. The van der Waals surface area contributed by atoms with Crippen molar-refractivity contribution in [2.75, 3.05) is 5.33 Å². The molecule has 12 heteroatoms. The summed E-state index contributed by atoms with van der Waals surface area (Å²) in [6.07, 6.45) is -0.147. The number of ether oxygens (including phenoxy) is 2. The Morgan fingerprint density at radius 2 is 1.88 bits per heavy atom. The molecule has 0 unspecified atom stereocenters. The van der Waals surface area contributed by atoms with Gasteiger partial charge in [-0.2, -0.15) is 0 Å². The smallest absolute Gasteiger partial charge is 0.408 e. The number of esters is 1. The van der Waals surface area contributed by atoms with Gasteiger partial charge in [0.25, 0.3) is 11.6 Å². The van der Waals surface area contributed by atoms with Crippen LogP contribution in [0.15, 0.2) is 35.5 Å². The number of allylic oxidation sites excluding steroid dienone is 1. The van der Waals surface area contributed by atoms with Crippen LogP contribution < -0.4 is 5.32 Å². The van der Waals surface area contributed by atoms with Crippen molar-refractivity contribution >= 4 is 45.4 Å². The van der Waals surface area contributed by atoms with Crippen molar-refractivity contribution in [2.45, 2.75) is 57.9 Å². The summed E-state index contributed by atoms with van der Waals surface area (Å²) in [5.41, 5.74) is -0.320. The maximum atomic E-state index is 13.0. The summed E-state index contributed by atoms with van der Waals surface area (Å²) in [7, 11) is 0. The second-order valence-corrected chi connectivity index (χ2v) is 9.38.